The van der Waals surface area contributed by atoms with Crippen molar-refractivity contribution >= 4 is 21.4 Å². The van der Waals surface area contributed by atoms with Crippen molar-refractivity contribution in [2.75, 3.05) is 13.1 Å². The molecular formula is C18H19N3O3S2. The fourth-order valence-electron chi connectivity index (χ4n) is 3.15. The van der Waals surface area contributed by atoms with Crippen molar-refractivity contribution in [3.05, 3.63) is 53.2 Å². The van der Waals surface area contributed by atoms with Gasteiger partial charge in [-0.3, -0.25) is 0 Å². The van der Waals surface area contributed by atoms with Crippen LogP contribution in [0.15, 0.2) is 51.8 Å². The molecule has 0 spiro atoms. The zero-order valence-electron chi connectivity index (χ0n) is 14.3. The van der Waals surface area contributed by atoms with Gasteiger partial charge in [-0.25, -0.2) is 8.42 Å². The first-order valence-electron chi connectivity index (χ1n) is 8.49. The van der Waals surface area contributed by atoms with Gasteiger partial charge in [0.15, 0.2) is 0 Å². The van der Waals surface area contributed by atoms with E-state index >= 15 is 0 Å². The molecule has 1 saturated heterocycles. The van der Waals surface area contributed by atoms with Crippen molar-refractivity contribution in [3.8, 4) is 10.8 Å². The highest BCUT2D eigenvalue weighted by Gasteiger charge is 2.33. The second-order valence-corrected chi connectivity index (χ2v) is 9.60. The number of piperidine rings is 1. The van der Waals surface area contributed by atoms with Crippen LogP contribution in [0.3, 0.4) is 0 Å². The monoisotopic (exact) mass is 389 g/mol. The van der Waals surface area contributed by atoms with Gasteiger partial charge >= 0.3 is 0 Å². The molecule has 6 nitrogen and oxygen atoms in total. The smallest absolute Gasteiger partial charge is 0.257 e. The number of nitrogens with zero attached hydrogens (tertiary/aromatic N) is 3. The van der Waals surface area contributed by atoms with E-state index in [1.807, 2.05) is 25.1 Å². The second-order valence-electron chi connectivity index (χ2n) is 6.37. The van der Waals surface area contributed by atoms with Crippen molar-refractivity contribution in [3.63, 3.8) is 0 Å². The molecule has 3 heterocycles. The van der Waals surface area contributed by atoms with Crippen LogP contribution in [-0.4, -0.2) is 36.0 Å². The summed E-state index contributed by atoms with van der Waals surface area (Å²) in [6.07, 6.45) is 1.61. The number of thiophene rings is 1. The molecule has 136 valence electrons. The number of sulfonamides is 1. The van der Waals surface area contributed by atoms with Crippen LogP contribution in [0.25, 0.3) is 10.8 Å². The normalized spacial score (nSPS) is 18.9. The molecule has 0 radical (unpaired) electrons. The Bertz CT molecular complexity index is 996. The fourth-order valence-corrected chi connectivity index (χ4v) is 5.49. The van der Waals surface area contributed by atoms with Crippen LogP contribution in [0.5, 0.6) is 0 Å². The largest absolute Gasteiger partial charge is 0.420 e. The Morgan fingerprint density at radius 3 is 2.69 bits per heavy atom. The Morgan fingerprint density at radius 2 is 1.96 bits per heavy atom. The number of hydrogen-bond donors (Lipinski definition) is 0. The zero-order valence-corrected chi connectivity index (χ0v) is 16.0. The SMILES string of the molecule is Cc1ccc(-c2nnc(C3CCCN(S(=O)(=O)c4ccccc4)C3)o2)s1. The first-order valence-corrected chi connectivity index (χ1v) is 10.7. The lowest BCUT2D eigenvalue weighted by molar-refractivity contribution is 0.286. The van der Waals surface area contributed by atoms with Crippen molar-refractivity contribution in [1.82, 2.24) is 14.5 Å². The maximum absolute atomic E-state index is 12.9. The van der Waals surface area contributed by atoms with Gasteiger partial charge in [0.2, 0.25) is 15.9 Å². The highest BCUT2D eigenvalue weighted by Crippen LogP contribution is 2.32. The van der Waals surface area contributed by atoms with Crippen molar-refractivity contribution in [1.29, 1.82) is 0 Å². The van der Waals surface area contributed by atoms with Crippen LogP contribution in [0.1, 0.15) is 29.5 Å². The summed E-state index contributed by atoms with van der Waals surface area (Å²) in [6.45, 7) is 2.90. The van der Waals surface area contributed by atoms with Crippen LogP contribution < -0.4 is 0 Å². The lowest BCUT2D eigenvalue weighted by Crippen LogP contribution is -2.39. The molecule has 0 N–H and O–H groups in total. The van der Waals surface area contributed by atoms with E-state index in [2.05, 4.69) is 10.2 Å². The van der Waals surface area contributed by atoms with Gasteiger partial charge < -0.3 is 4.42 Å². The molecule has 0 saturated carbocycles. The molecule has 1 fully saturated rings. The Labute approximate surface area is 156 Å². The van der Waals surface area contributed by atoms with Gasteiger partial charge in [-0.1, -0.05) is 18.2 Å². The summed E-state index contributed by atoms with van der Waals surface area (Å²) < 4.78 is 33.1. The molecule has 2 aromatic heterocycles. The summed E-state index contributed by atoms with van der Waals surface area (Å²) in [6, 6.07) is 12.5. The maximum atomic E-state index is 12.9. The standard InChI is InChI=1S/C18H19N3O3S2/c1-13-9-10-16(25-13)18-20-19-17(24-18)14-6-5-11-21(12-14)26(22,23)15-7-3-2-4-8-15/h2-4,7-10,14H,5-6,11-12H2,1H3. The molecule has 3 aromatic rings. The number of hydrogen-bond acceptors (Lipinski definition) is 6. The van der Waals surface area contributed by atoms with Crippen LogP contribution in [0, 0.1) is 6.92 Å². The number of aromatic nitrogens is 2. The molecular weight excluding hydrogens is 370 g/mol. The quantitative estimate of drug-likeness (QED) is 0.680. The van der Waals surface area contributed by atoms with Gasteiger partial charge in [-0.2, -0.15) is 4.31 Å². The molecule has 0 bridgehead atoms. The fraction of sp³-hybridized carbons (Fsp3) is 0.333. The molecule has 1 aliphatic heterocycles. The van der Waals surface area contributed by atoms with Gasteiger partial charge in [0, 0.05) is 18.0 Å². The minimum Gasteiger partial charge on any atom is -0.420 e. The highest BCUT2D eigenvalue weighted by molar-refractivity contribution is 7.89. The van der Waals surface area contributed by atoms with E-state index in [4.69, 9.17) is 4.42 Å². The topological polar surface area (TPSA) is 76.3 Å². The molecule has 26 heavy (non-hydrogen) atoms. The molecule has 4 rings (SSSR count). The average molecular weight is 390 g/mol. The second kappa shape index (κ2) is 6.94. The summed E-state index contributed by atoms with van der Waals surface area (Å²) in [5, 5.41) is 8.33. The predicted molar refractivity (Wildman–Crippen MR) is 99.5 cm³/mol. The minimum absolute atomic E-state index is 0.0791. The third kappa shape index (κ3) is 3.32. The molecule has 0 amide bonds. The highest BCUT2D eigenvalue weighted by atomic mass is 32.2. The molecule has 0 aliphatic carbocycles. The first-order chi connectivity index (χ1) is 12.5. The Hall–Kier alpha value is -2.03. The Kier molecular flexibility index (Phi) is 4.64. The van der Waals surface area contributed by atoms with Gasteiger partial charge in [0.1, 0.15) is 0 Å². The number of rotatable bonds is 4. The van der Waals surface area contributed by atoms with Gasteiger partial charge in [0.05, 0.1) is 15.7 Å². The van der Waals surface area contributed by atoms with Crippen molar-refractivity contribution < 1.29 is 12.8 Å². The van der Waals surface area contributed by atoms with Gasteiger partial charge in [0.25, 0.3) is 5.89 Å². The minimum atomic E-state index is -3.50. The maximum Gasteiger partial charge on any atom is 0.257 e. The summed E-state index contributed by atoms with van der Waals surface area (Å²) in [5.74, 6) is 0.935. The summed E-state index contributed by atoms with van der Waals surface area (Å²) in [7, 11) is -3.50. The zero-order chi connectivity index (χ0) is 18.1. The lowest BCUT2D eigenvalue weighted by Gasteiger charge is -2.30. The molecule has 1 aliphatic rings. The summed E-state index contributed by atoms with van der Waals surface area (Å²) >= 11 is 1.60. The predicted octanol–water partition coefficient (Wildman–Crippen LogP) is 3.67. The van der Waals surface area contributed by atoms with E-state index in [-0.39, 0.29) is 5.92 Å². The average Bonchev–Trinajstić information content (AvgIpc) is 3.31. The van der Waals surface area contributed by atoms with E-state index in [9.17, 15) is 8.42 Å². The Morgan fingerprint density at radius 1 is 1.15 bits per heavy atom. The molecule has 1 unspecified atom stereocenters. The van der Waals surface area contributed by atoms with E-state index in [1.165, 1.54) is 9.18 Å². The summed E-state index contributed by atoms with van der Waals surface area (Å²) in [4.78, 5) is 2.43. The first kappa shape index (κ1) is 17.4. The van der Waals surface area contributed by atoms with Crippen LogP contribution in [-0.2, 0) is 10.0 Å². The van der Waals surface area contributed by atoms with Crippen molar-refractivity contribution in [2.24, 2.45) is 0 Å². The van der Waals surface area contributed by atoms with E-state index in [1.54, 1.807) is 35.6 Å². The van der Waals surface area contributed by atoms with Crippen molar-refractivity contribution in [2.45, 2.75) is 30.6 Å². The van der Waals surface area contributed by atoms with E-state index < -0.39 is 10.0 Å². The van der Waals surface area contributed by atoms with Crippen LogP contribution in [0.2, 0.25) is 0 Å². The van der Waals surface area contributed by atoms with Crippen LogP contribution >= 0.6 is 11.3 Å². The summed E-state index contributed by atoms with van der Waals surface area (Å²) in [5.41, 5.74) is 0. The van der Waals surface area contributed by atoms with Gasteiger partial charge in [-0.05, 0) is 44.0 Å². The Balaban J connectivity index is 1.55. The number of aryl methyl sites for hydroxylation is 1. The van der Waals surface area contributed by atoms with Gasteiger partial charge in [-0.15, -0.1) is 21.5 Å². The molecule has 1 atom stereocenters. The number of benzene rings is 1. The third-order valence-electron chi connectivity index (χ3n) is 4.51. The third-order valence-corrected chi connectivity index (χ3v) is 7.37. The lowest BCUT2D eigenvalue weighted by atomic mass is 10.00. The van der Waals surface area contributed by atoms with Crippen LogP contribution in [0.4, 0.5) is 0 Å². The van der Waals surface area contributed by atoms with E-state index in [0.29, 0.717) is 29.8 Å². The van der Waals surface area contributed by atoms with E-state index in [0.717, 1.165) is 17.7 Å². The molecule has 8 heteroatoms. The molecule has 1 aromatic carbocycles.